The van der Waals surface area contributed by atoms with Gasteiger partial charge >= 0.3 is 0 Å². The molecule has 0 unspecified atom stereocenters. The van der Waals surface area contributed by atoms with E-state index in [-0.39, 0.29) is 11.8 Å². The van der Waals surface area contributed by atoms with Gasteiger partial charge in [-0.1, -0.05) is 18.2 Å². The maximum Gasteiger partial charge on any atom is 0.223 e. The molecule has 1 saturated carbocycles. The summed E-state index contributed by atoms with van der Waals surface area (Å²) in [6, 6.07) is 2.19. The number of rotatable bonds is 4. The zero-order valence-electron chi connectivity index (χ0n) is 11.1. The number of amides is 1. The molecule has 100 valence electrons. The van der Waals surface area contributed by atoms with E-state index in [9.17, 15) is 4.79 Å². The van der Waals surface area contributed by atoms with E-state index in [1.165, 1.54) is 18.4 Å². The van der Waals surface area contributed by atoms with E-state index in [1.807, 2.05) is 12.4 Å². The van der Waals surface area contributed by atoms with Crippen molar-refractivity contribution in [2.24, 2.45) is 5.92 Å². The maximum absolute atomic E-state index is 12.0. The summed E-state index contributed by atoms with van der Waals surface area (Å²) < 4.78 is 0. The van der Waals surface area contributed by atoms with E-state index in [0.29, 0.717) is 12.5 Å². The second-order valence-electron chi connectivity index (χ2n) is 5.60. The highest BCUT2D eigenvalue weighted by molar-refractivity contribution is 5.78. The Bertz CT molecular complexity index is 491. The average molecular weight is 256 g/mol. The number of pyridine rings is 1. The summed E-state index contributed by atoms with van der Waals surface area (Å²) in [5, 5.41) is 3.04. The van der Waals surface area contributed by atoms with Gasteiger partial charge in [-0.25, -0.2) is 0 Å². The summed E-state index contributed by atoms with van der Waals surface area (Å²) in [6.45, 7) is 0.604. The first-order valence-electron chi connectivity index (χ1n) is 7.19. The lowest BCUT2D eigenvalue weighted by Crippen LogP contribution is -2.30. The lowest BCUT2D eigenvalue weighted by atomic mass is 9.93. The smallest absolute Gasteiger partial charge is 0.223 e. The molecule has 1 heterocycles. The maximum atomic E-state index is 12.0. The van der Waals surface area contributed by atoms with Crippen molar-refractivity contribution in [2.75, 3.05) is 0 Å². The summed E-state index contributed by atoms with van der Waals surface area (Å²) >= 11 is 0. The van der Waals surface area contributed by atoms with Crippen LogP contribution in [-0.4, -0.2) is 10.9 Å². The van der Waals surface area contributed by atoms with Crippen molar-refractivity contribution >= 4 is 5.91 Å². The molecular formula is C16H20N2O. The lowest BCUT2D eigenvalue weighted by molar-refractivity contribution is -0.125. The van der Waals surface area contributed by atoms with Crippen LogP contribution in [-0.2, 0) is 11.3 Å². The number of hydrogen-bond donors (Lipinski definition) is 1. The lowest BCUT2D eigenvalue weighted by Gasteiger charge is -2.17. The van der Waals surface area contributed by atoms with Gasteiger partial charge in [0.15, 0.2) is 0 Å². The Morgan fingerprint density at radius 3 is 2.89 bits per heavy atom. The third-order valence-corrected chi connectivity index (χ3v) is 3.97. The molecule has 1 fully saturated rings. The quantitative estimate of drug-likeness (QED) is 0.842. The number of nitrogens with one attached hydrogen (secondary N) is 1. The molecule has 3 heteroatoms. The Balaban J connectivity index is 1.55. The van der Waals surface area contributed by atoms with Crippen molar-refractivity contribution in [3.8, 4) is 0 Å². The van der Waals surface area contributed by atoms with Gasteiger partial charge in [0.25, 0.3) is 0 Å². The minimum Gasteiger partial charge on any atom is -0.352 e. The monoisotopic (exact) mass is 256 g/mol. The summed E-state index contributed by atoms with van der Waals surface area (Å²) in [7, 11) is 0. The zero-order valence-corrected chi connectivity index (χ0v) is 11.1. The van der Waals surface area contributed by atoms with Crippen LogP contribution in [0.15, 0.2) is 30.6 Å². The first-order chi connectivity index (χ1) is 9.33. The molecule has 1 atom stereocenters. The van der Waals surface area contributed by atoms with E-state index < -0.39 is 0 Å². The predicted molar refractivity (Wildman–Crippen MR) is 74.5 cm³/mol. The first-order valence-corrected chi connectivity index (χ1v) is 7.19. The Morgan fingerprint density at radius 1 is 1.26 bits per heavy atom. The molecule has 19 heavy (non-hydrogen) atoms. The van der Waals surface area contributed by atoms with Gasteiger partial charge in [-0.05, 0) is 49.1 Å². The molecule has 0 bridgehead atoms. The van der Waals surface area contributed by atoms with Crippen molar-refractivity contribution in [3.63, 3.8) is 0 Å². The minimum atomic E-state index is 0.157. The molecule has 1 amide bonds. The Morgan fingerprint density at radius 2 is 2.16 bits per heavy atom. The molecule has 1 aromatic heterocycles. The van der Waals surface area contributed by atoms with Crippen LogP contribution in [0.5, 0.6) is 0 Å². The minimum absolute atomic E-state index is 0.157. The highest BCUT2D eigenvalue weighted by Gasteiger charge is 2.24. The number of nitrogens with zero attached hydrogens (tertiary/aromatic N) is 1. The van der Waals surface area contributed by atoms with Crippen molar-refractivity contribution in [1.82, 2.24) is 10.3 Å². The highest BCUT2D eigenvalue weighted by atomic mass is 16.1. The Hall–Kier alpha value is -1.64. The number of allylic oxidation sites excluding steroid dienone is 2. The van der Waals surface area contributed by atoms with E-state index in [1.54, 1.807) is 0 Å². The molecule has 0 spiro atoms. The molecule has 3 rings (SSSR count). The molecule has 0 saturated heterocycles. The Kier molecular flexibility index (Phi) is 3.62. The molecule has 2 aliphatic rings. The van der Waals surface area contributed by atoms with Crippen LogP contribution in [0.4, 0.5) is 0 Å². The molecule has 2 aliphatic carbocycles. The first kappa shape index (κ1) is 12.4. The second kappa shape index (κ2) is 5.55. The number of carbonyl (C=O) groups excluding carboxylic acids is 1. The van der Waals surface area contributed by atoms with Crippen LogP contribution >= 0.6 is 0 Å². The van der Waals surface area contributed by atoms with E-state index >= 15 is 0 Å². The number of carbonyl (C=O) groups is 1. The summed E-state index contributed by atoms with van der Waals surface area (Å²) in [6.07, 6.45) is 13.5. The van der Waals surface area contributed by atoms with Gasteiger partial charge in [-0.3, -0.25) is 9.78 Å². The zero-order chi connectivity index (χ0) is 13.1. The summed E-state index contributed by atoms with van der Waals surface area (Å²) in [5.74, 6) is 1.05. The van der Waals surface area contributed by atoms with Crippen LogP contribution in [0, 0.1) is 5.92 Å². The van der Waals surface area contributed by atoms with Gasteiger partial charge in [-0.2, -0.15) is 0 Å². The van der Waals surface area contributed by atoms with Crippen molar-refractivity contribution in [1.29, 1.82) is 0 Å². The molecule has 1 N–H and O–H groups in total. The SMILES string of the molecule is O=C(NCc1cncc(C2CC2)c1)[C@H]1CC=CCC1. The van der Waals surface area contributed by atoms with Crippen molar-refractivity contribution in [3.05, 3.63) is 41.7 Å². The van der Waals surface area contributed by atoms with Crippen molar-refractivity contribution < 1.29 is 4.79 Å². The molecule has 1 aromatic rings. The molecule has 0 radical (unpaired) electrons. The van der Waals surface area contributed by atoms with Gasteiger partial charge in [-0.15, -0.1) is 0 Å². The van der Waals surface area contributed by atoms with Crippen LogP contribution < -0.4 is 5.32 Å². The summed E-state index contributed by atoms with van der Waals surface area (Å²) in [4.78, 5) is 16.3. The second-order valence-corrected chi connectivity index (χ2v) is 5.60. The van der Waals surface area contributed by atoms with Crippen LogP contribution in [0.1, 0.15) is 49.1 Å². The standard InChI is InChI=1S/C16H20N2O/c19-16(14-4-2-1-3-5-14)18-10-12-8-15(11-17-9-12)13-6-7-13/h1-2,8-9,11,13-14H,3-7,10H2,(H,18,19)/t14-/m0/s1. The molecule has 0 aromatic carbocycles. The third kappa shape index (κ3) is 3.22. The van der Waals surface area contributed by atoms with Gasteiger partial charge in [0.05, 0.1) is 0 Å². The van der Waals surface area contributed by atoms with Crippen LogP contribution in [0.2, 0.25) is 0 Å². The van der Waals surface area contributed by atoms with E-state index in [0.717, 1.165) is 24.8 Å². The highest BCUT2D eigenvalue weighted by Crippen LogP contribution is 2.39. The largest absolute Gasteiger partial charge is 0.352 e. The van der Waals surface area contributed by atoms with E-state index in [2.05, 4.69) is 28.5 Å². The van der Waals surface area contributed by atoms with Gasteiger partial charge in [0.2, 0.25) is 5.91 Å². The topological polar surface area (TPSA) is 42.0 Å². The molecular weight excluding hydrogens is 236 g/mol. The van der Waals surface area contributed by atoms with Gasteiger partial charge in [0, 0.05) is 24.9 Å². The van der Waals surface area contributed by atoms with Gasteiger partial charge in [0.1, 0.15) is 0 Å². The fraction of sp³-hybridized carbons (Fsp3) is 0.500. The van der Waals surface area contributed by atoms with E-state index in [4.69, 9.17) is 0 Å². The predicted octanol–water partition coefficient (Wildman–Crippen LogP) is 2.93. The molecule has 0 aliphatic heterocycles. The number of hydrogen-bond acceptors (Lipinski definition) is 2. The Labute approximate surface area is 114 Å². The average Bonchev–Trinajstić information content (AvgIpc) is 3.31. The fourth-order valence-electron chi connectivity index (χ4n) is 2.61. The van der Waals surface area contributed by atoms with Crippen molar-refractivity contribution in [2.45, 2.75) is 44.6 Å². The molecule has 3 nitrogen and oxygen atoms in total. The van der Waals surface area contributed by atoms with Gasteiger partial charge < -0.3 is 5.32 Å². The summed E-state index contributed by atoms with van der Waals surface area (Å²) in [5.41, 5.74) is 2.44. The van der Waals surface area contributed by atoms with Crippen LogP contribution in [0.3, 0.4) is 0 Å². The third-order valence-electron chi connectivity index (χ3n) is 3.97. The fourth-order valence-corrected chi connectivity index (χ4v) is 2.61. The normalized spacial score (nSPS) is 22.2. The van der Waals surface area contributed by atoms with Crippen LogP contribution in [0.25, 0.3) is 0 Å². The number of aromatic nitrogens is 1.